The van der Waals surface area contributed by atoms with Gasteiger partial charge in [-0.2, -0.15) is 11.3 Å². The fraction of sp³-hybridized carbons (Fsp3) is 0.286. The van der Waals surface area contributed by atoms with Crippen molar-refractivity contribution in [3.63, 3.8) is 0 Å². The summed E-state index contributed by atoms with van der Waals surface area (Å²) in [6, 6.07) is 9.45. The lowest BCUT2D eigenvalue weighted by Crippen LogP contribution is -2.59. The van der Waals surface area contributed by atoms with Crippen molar-refractivity contribution >= 4 is 56.7 Å². The van der Waals surface area contributed by atoms with Crippen molar-refractivity contribution in [2.45, 2.75) is 18.4 Å². The second kappa shape index (κ2) is 9.25. The Bertz CT molecular complexity index is 1090. The first-order valence-corrected chi connectivity index (χ1v) is 11.8. The fourth-order valence-electron chi connectivity index (χ4n) is 3.62. The SMILES string of the molecule is CN(O)C(=O)C1(N)CCN(c2ccccc2NC(=O)c2csc(Nc3ccsc3)n2)CC1. The molecule has 1 aromatic carbocycles. The van der Waals surface area contributed by atoms with Gasteiger partial charge >= 0.3 is 0 Å². The summed E-state index contributed by atoms with van der Waals surface area (Å²) in [5.74, 6) is -0.788. The molecule has 0 bridgehead atoms. The largest absolute Gasteiger partial charge is 0.370 e. The highest BCUT2D eigenvalue weighted by molar-refractivity contribution is 7.14. The first-order valence-electron chi connectivity index (χ1n) is 10.0. The molecule has 0 aliphatic carbocycles. The summed E-state index contributed by atoms with van der Waals surface area (Å²) in [6.07, 6.45) is 0.783. The second-order valence-corrected chi connectivity index (χ2v) is 9.26. The lowest BCUT2D eigenvalue weighted by Gasteiger charge is -2.40. The molecule has 11 heteroatoms. The van der Waals surface area contributed by atoms with E-state index in [-0.39, 0.29) is 5.91 Å². The number of carbonyl (C=O) groups excluding carboxylic acids is 2. The quantitative estimate of drug-likeness (QED) is 0.320. The van der Waals surface area contributed by atoms with Gasteiger partial charge in [-0.1, -0.05) is 12.1 Å². The maximum atomic E-state index is 12.8. The molecule has 0 saturated carbocycles. The standard InChI is InChI=1S/C21H24N6O3S2/c1-26(30)19(29)21(22)7-9-27(10-8-21)17-5-3-2-4-15(17)24-18(28)16-13-32-20(25-16)23-14-6-11-31-12-14/h2-6,11-13,30H,7-10,22H2,1H3,(H,23,25)(H,24,28). The lowest BCUT2D eigenvalue weighted by atomic mass is 9.87. The lowest BCUT2D eigenvalue weighted by molar-refractivity contribution is -0.166. The van der Waals surface area contributed by atoms with Gasteiger partial charge in [0.05, 0.1) is 17.1 Å². The first kappa shape index (κ1) is 22.2. The monoisotopic (exact) mass is 472 g/mol. The van der Waals surface area contributed by atoms with E-state index in [1.165, 1.54) is 18.4 Å². The number of hydrogen-bond donors (Lipinski definition) is 4. The molecule has 1 saturated heterocycles. The smallest absolute Gasteiger partial charge is 0.275 e. The summed E-state index contributed by atoms with van der Waals surface area (Å²) in [5, 5.41) is 22.5. The normalized spacial score (nSPS) is 15.3. The third-order valence-corrected chi connectivity index (χ3v) is 6.82. The molecule has 0 unspecified atom stereocenters. The van der Waals surface area contributed by atoms with Crippen LogP contribution in [0.15, 0.2) is 46.5 Å². The molecular weight excluding hydrogens is 448 g/mol. The predicted octanol–water partition coefficient (Wildman–Crippen LogP) is 3.35. The zero-order valence-electron chi connectivity index (χ0n) is 17.4. The molecule has 1 fully saturated rings. The summed E-state index contributed by atoms with van der Waals surface area (Å²) < 4.78 is 0. The highest BCUT2D eigenvalue weighted by atomic mass is 32.1. The zero-order chi connectivity index (χ0) is 22.7. The van der Waals surface area contributed by atoms with Gasteiger partial charge in [0.2, 0.25) is 0 Å². The van der Waals surface area contributed by atoms with Crippen molar-refractivity contribution in [1.29, 1.82) is 0 Å². The van der Waals surface area contributed by atoms with E-state index >= 15 is 0 Å². The number of benzene rings is 1. The maximum Gasteiger partial charge on any atom is 0.275 e. The van der Waals surface area contributed by atoms with E-state index in [2.05, 4.69) is 20.5 Å². The van der Waals surface area contributed by atoms with E-state index in [4.69, 9.17) is 5.73 Å². The van der Waals surface area contributed by atoms with Crippen LogP contribution in [-0.4, -0.2) is 52.7 Å². The number of aromatic nitrogens is 1. The molecule has 4 rings (SSSR count). The van der Waals surface area contributed by atoms with Gasteiger partial charge in [-0.25, -0.2) is 10.0 Å². The number of carbonyl (C=O) groups is 2. The predicted molar refractivity (Wildman–Crippen MR) is 127 cm³/mol. The summed E-state index contributed by atoms with van der Waals surface area (Å²) in [5.41, 5.74) is 7.91. The van der Waals surface area contributed by atoms with Gasteiger partial charge < -0.3 is 21.3 Å². The number of para-hydroxylation sites is 2. The number of rotatable bonds is 6. The van der Waals surface area contributed by atoms with E-state index in [1.807, 2.05) is 41.1 Å². The van der Waals surface area contributed by atoms with Crippen molar-refractivity contribution in [3.05, 3.63) is 52.2 Å². The Morgan fingerprint density at radius 1 is 1.22 bits per heavy atom. The number of amides is 2. The first-order chi connectivity index (χ1) is 15.4. The number of piperidine rings is 1. The zero-order valence-corrected chi connectivity index (χ0v) is 19.1. The van der Waals surface area contributed by atoms with Gasteiger partial charge in [0.25, 0.3) is 11.8 Å². The van der Waals surface area contributed by atoms with Gasteiger partial charge in [0.1, 0.15) is 11.2 Å². The molecule has 3 aromatic rings. The average Bonchev–Trinajstić information content (AvgIpc) is 3.47. The Morgan fingerprint density at radius 3 is 2.66 bits per heavy atom. The van der Waals surface area contributed by atoms with Crippen molar-refractivity contribution in [2.75, 3.05) is 35.7 Å². The van der Waals surface area contributed by atoms with Gasteiger partial charge in [-0.15, -0.1) is 11.3 Å². The number of likely N-dealkylation sites (N-methyl/N-ethyl adjacent to an activating group) is 1. The van der Waals surface area contributed by atoms with Crippen molar-refractivity contribution in [3.8, 4) is 0 Å². The molecule has 1 aliphatic heterocycles. The maximum absolute atomic E-state index is 12.8. The number of thiazole rings is 1. The van der Waals surface area contributed by atoms with E-state index in [0.29, 0.717) is 47.5 Å². The Balaban J connectivity index is 1.44. The molecule has 168 valence electrons. The summed E-state index contributed by atoms with van der Waals surface area (Å²) >= 11 is 2.95. The van der Waals surface area contributed by atoms with Crippen LogP contribution < -0.4 is 21.3 Å². The molecule has 5 N–H and O–H groups in total. The number of nitrogens with zero attached hydrogens (tertiary/aromatic N) is 3. The molecule has 0 atom stereocenters. The summed E-state index contributed by atoms with van der Waals surface area (Å²) in [4.78, 5) is 31.5. The minimum Gasteiger partial charge on any atom is -0.370 e. The van der Waals surface area contributed by atoms with E-state index in [0.717, 1.165) is 11.4 Å². The van der Waals surface area contributed by atoms with Gasteiger partial charge in [0, 0.05) is 30.9 Å². The van der Waals surface area contributed by atoms with Crippen molar-refractivity contribution < 1.29 is 14.8 Å². The van der Waals surface area contributed by atoms with Crippen LogP contribution in [0.1, 0.15) is 23.3 Å². The Morgan fingerprint density at radius 2 is 1.97 bits per heavy atom. The molecular formula is C21H24N6O3S2. The second-order valence-electron chi connectivity index (χ2n) is 7.62. The molecule has 0 spiro atoms. The third kappa shape index (κ3) is 4.75. The number of nitrogens with one attached hydrogen (secondary N) is 2. The van der Waals surface area contributed by atoms with Gasteiger partial charge in [-0.3, -0.25) is 14.8 Å². The number of nitrogens with two attached hydrogens (primary N) is 1. The van der Waals surface area contributed by atoms with Crippen molar-refractivity contribution in [1.82, 2.24) is 10.0 Å². The fourth-order valence-corrected chi connectivity index (χ4v) is 4.92. The summed E-state index contributed by atoms with van der Waals surface area (Å²) in [7, 11) is 1.29. The molecule has 0 radical (unpaired) electrons. The molecule has 2 amide bonds. The van der Waals surface area contributed by atoms with Crippen molar-refractivity contribution in [2.24, 2.45) is 5.73 Å². The molecule has 32 heavy (non-hydrogen) atoms. The van der Waals surface area contributed by atoms with Crippen LogP contribution in [0.3, 0.4) is 0 Å². The van der Waals surface area contributed by atoms with E-state index in [1.54, 1.807) is 16.7 Å². The highest BCUT2D eigenvalue weighted by Gasteiger charge is 2.39. The van der Waals surface area contributed by atoms with Crippen LogP contribution in [0.2, 0.25) is 0 Å². The molecule has 2 aromatic heterocycles. The highest BCUT2D eigenvalue weighted by Crippen LogP contribution is 2.32. The average molecular weight is 473 g/mol. The number of anilines is 4. The number of thiophene rings is 1. The molecule has 3 heterocycles. The van der Waals surface area contributed by atoms with E-state index in [9.17, 15) is 14.8 Å². The van der Waals surface area contributed by atoms with Crippen LogP contribution in [0.5, 0.6) is 0 Å². The number of hydrogen-bond acceptors (Lipinski definition) is 9. The van der Waals surface area contributed by atoms with Crippen LogP contribution in [0.25, 0.3) is 0 Å². The van der Waals surface area contributed by atoms with Crippen LogP contribution in [-0.2, 0) is 4.79 Å². The minimum atomic E-state index is -1.09. The Hall–Kier alpha value is -2.99. The molecule has 1 aliphatic rings. The molecule has 9 nitrogen and oxygen atoms in total. The van der Waals surface area contributed by atoms with Gasteiger partial charge in [0.15, 0.2) is 5.13 Å². The van der Waals surface area contributed by atoms with Crippen LogP contribution in [0.4, 0.5) is 22.2 Å². The van der Waals surface area contributed by atoms with E-state index < -0.39 is 11.4 Å². The Kier molecular flexibility index (Phi) is 6.42. The topological polar surface area (TPSA) is 124 Å². The van der Waals surface area contributed by atoms with Gasteiger partial charge in [-0.05, 0) is 36.4 Å². The van der Waals surface area contributed by atoms with Crippen LogP contribution in [0, 0.1) is 0 Å². The summed E-state index contributed by atoms with van der Waals surface area (Å²) in [6.45, 7) is 1.04. The van der Waals surface area contributed by atoms with Crippen LogP contribution >= 0.6 is 22.7 Å². The minimum absolute atomic E-state index is 0.297. The number of hydroxylamine groups is 2. The third-order valence-electron chi connectivity index (χ3n) is 5.38. The Labute approximate surface area is 193 Å².